The number of hydrogen-bond donors (Lipinski definition) is 1. The normalized spacial score (nSPS) is 15.8. The molecule has 1 aliphatic rings. The fourth-order valence-electron chi connectivity index (χ4n) is 2.05. The smallest absolute Gasteiger partial charge is 0.347 e. The van der Waals surface area contributed by atoms with E-state index in [1.54, 1.807) is 24.3 Å². The SMILES string of the molecule is O=C1Oc2ccc(Cl)cc2C(=O)/C1=C/c1ccccc1O. The molecule has 0 aromatic heterocycles. The molecule has 0 bridgehead atoms. The molecule has 0 saturated carbocycles. The number of halogens is 1. The minimum Gasteiger partial charge on any atom is -0.507 e. The van der Waals surface area contributed by atoms with Crippen molar-refractivity contribution in [2.75, 3.05) is 0 Å². The number of Topliss-reactive ketones (excluding diaryl/α,β-unsaturated/α-hetero) is 1. The first-order valence-electron chi connectivity index (χ1n) is 6.12. The molecular formula is C16H9ClO4. The summed E-state index contributed by atoms with van der Waals surface area (Å²) in [6, 6.07) is 10.9. The van der Waals surface area contributed by atoms with Crippen LogP contribution in [0.25, 0.3) is 6.08 Å². The van der Waals surface area contributed by atoms with Crippen molar-refractivity contribution in [3.63, 3.8) is 0 Å². The Bertz CT molecular complexity index is 793. The summed E-state index contributed by atoms with van der Waals surface area (Å²) >= 11 is 5.86. The molecule has 5 heteroatoms. The molecule has 0 radical (unpaired) electrons. The molecule has 0 fully saturated rings. The minimum atomic E-state index is -0.752. The lowest BCUT2D eigenvalue weighted by atomic mass is 9.97. The Morgan fingerprint density at radius 3 is 2.62 bits per heavy atom. The molecule has 104 valence electrons. The molecule has 21 heavy (non-hydrogen) atoms. The first-order chi connectivity index (χ1) is 10.1. The van der Waals surface area contributed by atoms with Crippen molar-refractivity contribution >= 4 is 29.4 Å². The summed E-state index contributed by atoms with van der Waals surface area (Å²) in [4.78, 5) is 24.3. The van der Waals surface area contributed by atoms with Gasteiger partial charge in [0, 0.05) is 10.6 Å². The number of carbonyl (C=O) groups is 2. The highest BCUT2D eigenvalue weighted by Crippen LogP contribution is 2.31. The zero-order valence-corrected chi connectivity index (χ0v) is 11.4. The number of fused-ring (bicyclic) bond motifs is 1. The lowest BCUT2D eigenvalue weighted by Gasteiger charge is -2.17. The van der Waals surface area contributed by atoms with Crippen molar-refractivity contribution < 1.29 is 19.4 Å². The molecule has 0 spiro atoms. The van der Waals surface area contributed by atoms with Gasteiger partial charge in [-0.2, -0.15) is 0 Å². The fraction of sp³-hybridized carbons (Fsp3) is 0. The van der Waals surface area contributed by atoms with Gasteiger partial charge in [-0.1, -0.05) is 29.8 Å². The van der Waals surface area contributed by atoms with Crippen LogP contribution < -0.4 is 4.74 Å². The molecule has 1 N–H and O–H groups in total. The largest absolute Gasteiger partial charge is 0.507 e. The third-order valence-corrected chi connectivity index (χ3v) is 3.33. The van der Waals surface area contributed by atoms with Gasteiger partial charge in [-0.3, -0.25) is 4.79 Å². The van der Waals surface area contributed by atoms with E-state index < -0.39 is 11.8 Å². The summed E-state index contributed by atoms with van der Waals surface area (Å²) in [5.74, 6) is -1.07. The van der Waals surface area contributed by atoms with Gasteiger partial charge < -0.3 is 9.84 Å². The lowest BCUT2D eigenvalue weighted by Crippen LogP contribution is -2.25. The molecule has 2 aromatic rings. The van der Waals surface area contributed by atoms with E-state index in [4.69, 9.17) is 16.3 Å². The number of carbonyl (C=O) groups excluding carboxylic acids is 2. The molecule has 0 amide bonds. The second-order valence-corrected chi connectivity index (χ2v) is 4.91. The molecule has 0 aliphatic carbocycles. The van der Waals surface area contributed by atoms with Crippen LogP contribution in [0.4, 0.5) is 0 Å². The fourth-order valence-corrected chi connectivity index (χ4v) is 2.22. The Balaban J connectivity index is 2.11. The minimum absolute atomic E-state index is 0.0255. The Kier molecular flexibility index (Phi) is 3.23. The van der Waals surface area contributed by atoms with Gasteiger partial charge in [0.25, 0.3) is 0 Å². The number of benzene rings is 2. The molecule has 0 atom stereocenters. The number of rotatable bonds is 1. The highest BCUT2D eigenvalue weighted by molar-refractivity contribution is 6.33. The van der Waals surface area contributed by atoms with Crippen molar-refractivity contribution in [3.05, 3.63) is 64.2 Å². The number of esters is 1. The lowest BCUT2D eigenvalue weighted by molar-refractivity contribution is -0.130. The summed E-state index contributed by atoms with van der Waals surface area (Å²) in [5.41, 5.74) is 0.443. The van der Waals surface area contributed by atoms with Gasteiger partial charge in [-0.05, 0) is 30.3 Å². The topological polar surface area (TPSA) is 63.6 Å². The van der Waals surface area contributed by atoms with E-state index in [0.29, 0.717) is 10.6 Å². The van der Waals surface area contributed by atoms with E-state index in [1.807, 2.05) is 0 Å². The summed E-state index contributed by atoms with van der Waals surface area (Å²) in [6.45, 7) is 0. The van der Waals surface area contributed by atoms with Crippen molar-refractivity contribution in [2.45, 2.75) is 0 Å². The number of aromatic hydroxyl groups is 1. The summed E-state index contributed by atoms with van der Waals surface area (Å²) in [5, 5.41) is 10.1. The summed E-state index contributed by atoms with van der Waals surface area (Å²) < 4.78 is 5.11. The Hall–Kier alpha value is -2.59. The highest BCUT2D eigenvalue weighted by atomic mass is 35.5. The monoisotopic (exact) mass is 300 g/mol. The van der Waals surface area contributed by atoms with Gasteiger partial charge in [-0.25, -0.2) is 4.79 Å². The van der Waals surface area contributed by atoms with Crippen molar-refractivity contribution in [1.29, 1.82) is 0 Å². The van der Waals surface area contributed by atoms with Crippen LogP contribution in [0, 0.1) is 0 Å². The number of ketones is 1. The number of phenolic OH excluding ortho intramolecular Hbond substituents is 1. The molecule has 3 rings (SSSR count). The van der Waals surface area contributed by atoms with Gasteiger partial charge in [0.05, 0.1) is 5.56 Å². The quantitative estimate of drug-likeness (QED) is 0.380. The van der Waals surface area contributed by atoms with Gasteiger partial charge in [0.15, 0.2) is 0 Å². The second kappa shape index (κ2) is 5.07. The predicted molar refractivity (Wildman–Crippen MR) is 77.5 cm³/mol. The third kappa shape index (κ3) is 2.41. The van der Waals surface area contributed by atoms with Crippen LogP contribution in [0.3, 0.4) is 0 Å². The first-order valence-corrected chi connectivity index (χ1v) is 6.50. The van der Waals surface area contributed by atoms with Gasteiger partial charge in [0.2, 0.25) is 5.78 Å². The van der Waals surface area contributed by atoms with E-state index >= 15 is 0 Å². The average molecular weight is 301 g/mol. The van der Waals surface area contributed by atoms with Crippen LogP contribution in [0.1, 0.15) is 15.9 Å². The maximum absolute atomic E-state index is 12.4. The van der Waals surface area contributed by atoms with Crippen LogP contribution in [-0.4, -0.2) is 16.9 Å². The van der Waals surface area contributed by atoms with Crippen molar-refractivity contribution in [1.82, 2.24) is 0 Å². The summed E-state index contributed by atoms with van der Waals surface area (Å²) in [6.07, 6.45) is 1.31. The van der Waals surface area contributed by atoms with E-state index in [0.717, 1.165) is 0 Å². The Morgan fingerprint density at radius 2 is 1.86 bits per heavy atom. The molecule has 0 unspecified atom stereocenters. The van der Waals surface area contributed by atoms with Crippen molar-refractivity contribution in [3.8, 4) is 11.5 Å². The average Bonchev–Trinajstić information content (AvgIpc) is 2.46. The van der Waals surface area contributed by atoms with Crippen molar-refractivity contribution in [2.24, 2.45) is 0 Å². The van der Waals surface area contributed by atoms with E-state index in [1.165, 1.54) is 24.3 Å². The maximum Gasteiger partial charge on any atom is 0.347 e. The van der Waals surface area contributed by atoms with E-state index in [9.17, 15) is 14.7 Å². The van der Waals surface area contributed by atoms with E-state index in [2.05, 4.69) is 0 Å². The Morgan fingerprint density at radius 1 is 1.10 bits per heavy atom. The summed E-state index contributed by atoms with van der Waals surface area (Å²) in [7, 11) is 0. The van der Waals surface area contributed by atoms with Crippen LogP contribution in [0.2, 0.25) is 5.02 Å². The van der Waals surface area contributed by atoms with Crippen LogP contribution in [0.5, 0.6) is 11.5 Å². The zero-order chi connectivity index (χ0) is 15.0. The molecule has 4 nitrogen and oxygen atoms in total. The number of ether oxygens (including phenoxy) is 1. The van der Waals surface area contributed by atoms with E-state index in [-0.39, 0.29) is 22.6 Å². The van der Waals surface area contributed by atoms with Gasteiger partial charge >= 0.3 is 5.97 Å². The molecule has 0 saturated heterocycles. The molecule has 1 heterocycles. The standard InChI is InChI=1S/C16H9ClO4/c17-10-5-6-14-11(8-10)15(19)12(16(20)21-14)7-9-3-1-2-4-13(9)18/h1-8,18H/b12-7-. The maximum atomic E-state index is 12.4. The van der Waals surface area contributed by atoms with Crippen LogP contribution in [-0.2, 0) is 4.79 Å². The first kappa shape index (κ1) is 13.4. The van der Waals surface area contributed by atoms with Crippen LogP contribution >= 0.6 is 11.6 Å². The second-order valence-electron chi connectivity index (χ2n) is 4.48. The van der Waals surface area contributed by atoms with Crippen LogP contribution in [0.15, 0.2) is 48.0 Å². The molecule has 1 aliphatic heterocycles. The number of phenols is 1. The number of hydrogen-bond acceptors (Lipinski definition) is 4. The number of para-hydroxylation sites is 1. The molecular weight excluding hydrogens is 292 g/mol. The zero-order valence-electron chi connectivity index (χ0n) is 10.7. The third-order valence-electron chi connectivity index (χ3n) is 3.09. The van der Waals surface area contributed by atoms with Gasteiger partial charge in [-0.15, -0.1) is 0 Å². The Labute approximate surface area is 125 Å². The predicted octanol–water partition coefficient (Wildman–Crippen LogP) is 3.23. The highest BCUT2D eigenvalue weighted by Gasteiger charge is 2.31. The molecule has 2 aromatic carbocycles. The van der Waals surface area contributed by atoms with Gasteiger partial charge in [0.1, 0.15) is 17.1 Å².